The van der Waals surface area contributed by atoms with Crippen molar-refractivity contribution in [3.63, 3.8) is 0 Å². The van der Waals surface area contributed by atoms with Gasteiger partial charge in [0.15, 0.2) is 6.10 Å². The van der Waals surface area contributed by atoms with Gasteiger partial charge in [-0.25, -0.2) is 4.79 Å². The Morgan fingerprint density at radius 3 is 2.31 bits per heavy atom. The van der Waals surface area contributed by atoms with E-state index in [4.69, 9.17) is 9.47 Å². The van der Waals surface area contributed by atoms with Crippen LogP contribution in [0.25, 0.3) is 0 Å². The lowest BCUT2D eigenvalue weighted by Crippen LogP contribution is -2.35. The molecule has 0 fully saturated rings. The fraction of sp³-hybridized carbons (Fsp3) is 0.333. The minimum Gasteiger partial charge on any atom is -0.494 e. The van der Waals surface area contributed by atoms with Crippen molar-refractivity contribution >= 4 is 11.9 Å². The molecule has 0 aliphatic heterocycles. The summed E-state index contributed by atoms with van der Waals surface area (Å²) in [7, 11) is 0. The van der Waals surface area contributed by atoms with Crippen LogP contribution >= 0.6 is 0 Å². The van der Waals surface area contributed by atoms with Gasteiger partial charge in [-0.2, -0.15) is 0 Å². The molecule has 0 spiro atoms. The topological polar surface area (TPSA) is 64.6 Å². The molecule has 2 aromatic carbocycles. The van der Waals surface area contributed by atoms with Crippen molar-refractivity contribution in [1.82, 2.24) is 5.32 Å². The number of hydrogen-bond acceptors (Lipinski definition) is 4. The third-order valence-electron chi connectivity index (χ3n) is 3.80. The van der Waals surface area contributed by atoms with Crippen molar-refractivity contribution in [2.45, 2.75) is 39.8 Å². The summed E-state index contributed by atoms with van der Waals surface area (Å²) in [5.74, 6) is -0.167. The third-order valence-corrected chi connectivity index (χ3v) is 3.80. The van der Waals surface area contributed by atoms with Crippen LogP contribution in [0.3, 0.4) is 0 Å². The molecule has 0 aliphatic rings. The molecule has 0 radical (unpaired) electrons. The summed E-state index contributed by atoms with van der Waals surface area (Å²) in [5, 5.41) is 2.77. The lowest BCUT2D eigenvalue weighted by molar-refractivity contribution is -0.129. The van der Waals surface area contributed by atoms with E-state index in [1.807, 2.05) is 38.1 Å². The molecule has 1 atom stereocenters. The van der Waals surface area contributed by atoms with Gasteiger partial charge in [-0.3, -0.25) is 4.79 Å². The molecule has 0 heterocycles. The Balaban J connectivity index is 1.83. The summed E-state index contributed by atoms with van der Waals surface area (Å²) in [6.07, 6.45) is 0.0444. The number of carbonyl (C=O) groups is 2. The van der Waals surface area contributed by atoms with E-state index in [-0.39, 0.29) is 5.91 Å². The fourth-order valence-corrected chi connectivity index (χ4v) is 2.23. The fourth-order valence-electron chi connectivity index (χ4n) is 2.23. The number of aryl methyl sites for hydroxylation is 1. The average Bonchev–Trinajstić information content (AvgIpc) is 2.66. The van der Waals surface area contributed by atoms with Crippen LogP contribution in [-0.2, 0) is 16.1 Å². The highest BCUT2D eigenvalue weighted by Gasteiger charge is 2.18. The first-order chi connectivity index (χ1) is 12.5. The highest BCUT2D eigenvalue weighted by molar-refractivity contribution is 5.92. The number of hydrogen-bond donors (Lipinski definition) is 1. The van der Waals surface area contributed by atoms with Crippen LogP contribution in [0, 0.1) is 6.92 Å². The third kappa shape index (κ3) is 5.92. The van der Waals surface area contributed by atoms with Gasteiger partial charge in [-0.05, 0) is 50.1 Å². The molecule has 0 unspecified atom stereocenters. The molecule has 0 saturated heterocycles. The summed E-state index contributed by atoms with van der Waals surface area (Å²) in [5.41, 5.74) is 2.53. The zero-order chi connectivity index (χ0) is 18.9. The maximum Gasteiger partial charge on any atom is 0.338 e. The van der Waals surface area contributed by atoms with Gasteiger partial charge in [0.2, 0.25) is 0 Å². The Morgan fingerprint density at radius 2 is 1.69 bits per heavy atom. The van der Waals surface area contributed by atoms with E-state index in [9.17, 15) is 9.59 Å². The van der Waals surface area contributed by atoms with Crippen molar-refractivity contribution in [3.05, 3.63) is 65.2 Å². The predicted molar refractivity (Wildman–Crippen MR) is 100 cm³/mol. The largest absolute Gasteiger partial charge is 0.494 e. The molecule has 0 aromatic heterocycles. The Kier molecular flexibility index (Phi) is 7.21. The van der Waals surface area contributed by atoms with E-state index >= 15 is 0 Å². The van der Waals surface area contributed by atoms with E-state index in [1.54, 1.807) is 31.2 Å². The number of amides is 1. The van der Waals surface area contributed by atoms with Crippen LogP contribution in [0.4, 0.5) is 0 Å². The van der Waals surface area contributed by atoms with Gasteiger partial charge in [0.05, 0.1) is 12.2 Å². The Bertz CT molecular complexity index is 723. The number of carbonyl (C=O) groups excluding carboxylic acids is 2. The van der Waals surface area contributed by atoms with E-state index in [1.165, 1.54) is 0 Å². The SMILES string of the molecule is CCCOc1ccc(C(=O)O[C@@H](C)C(=O)NCc2ccc(C)cc2)cc1. The Hall–Kier alpha value is -2.82. The maximum absolute atomic E-state index is 12.2. The molecular formula is C21H25NO4. The number of ether oxygens (including phenoxy) is 2. The molecule has 26 heavy (non-hydrogen) atoms. The second-order valence-corrected chi connectivity index (χ2v) is 6.12. The quantitative estimate of drug-likeness (QED) is 0.734. The minimum absolute atomic E-state index is 0.332. The minimum atomic E-state index is -0.871. The van der Waals surface area contributed by atoms with Crippen molar-refractivity contribution < 1.29 is 19.1 Å². The number of nitrogens with one attached hydrogen (secondary N) is 1. The van der Waals surface area contributed by atoms with Gasteiger partial charge in [-0.1, -0.05) is 36.8 Å². The highest BCUT2D eigenvalue weighted by atomic mass is 16.5. The van der Waals surface area contributed by atoms with Crippen molar-refractivity contribution in [3.8, 4) is 5.75 Å². The van der Waals surface area contributed by atoms with Gasteiger partial charge in [0.25, 0.3) is 5.91 Å². The first kappa shape index (κ1) is 19.5. The molecule has 1 N–H and O–H groups in total. The van der Waals surface area contributed by atoms with Gasteiger partial charge < -0.3 is 14.8 Å². The van der Waals surface area contributed by atoms with E-state index in [2.05, 4.69) is 5.32 Å². The van der Waals surface area contributed by atoms with Crippen LogP contribution < -0.4 is 10.1 Å². The summed E-state index contributed by atoms with van der Waals surface area (Å²) in [6.45, 7) is 6.61. The molecule has 0 aliphatic carbocycles. The second kappa shape index (κ2) is 9.61. The first-order valence-corrected chi connectivity index (χ1v) is 8.76. The van der Waals surface area contributed by atoms with Gasteiger partial charge in [0, 0.05) is 6.54 Å². The van der Waals surface area contributed by atoms with Crippen LogP contribution in [0.5, 0.6) is 5.75 Å². The number of benzene rings is 2. The van der Waals surface area contributed by atoms with Crippen molar-refractivity contribution in [2.24, 2.45) is 0 Å². The zero-order valence-electron chi connectivity index (χ0n) is 15.5. The number of rotatable bonds is 8. The van der Waals surface area contributed by atoms with Crippen LogP contribution in [0.15, 0.2) is 48.5 Å². The van der Waals surface area contributed by atoms with Crippen molar-refractivity contribution in [1.29, 1.82) is 0 Å². The lowest BCUT2D eigenvalue weighted by atomic mass is 10.1. The Morgan fingerprint density at radius 1 is 1.04 bits per heavy atom. The maximum atomic E-state index is 12.2. The van der Waals surface area contributed by atoms with Gasteiger partial charge >= 0.3 is 5.97 Å². The molecule has 0 saturated carbocycles. The van der Waals surface area contributed by atoms with Crippen molar-refractivity contribution in [2.75, 3.05) is 6.61 Å². The lowest BCUT2D eigenvalue weighted by Gasteiger charge is -2.14. The molecular weight excluding hydrogens is 330 g/mol. The highest BCUT2D eigenvalue weighted by Crippen LogP contribution is 2.14. The molecule has 5 nitrogen and oxygen atoms in total. The molecule has 2 aromatic rings. The summed E-state index contributed by atoms with van der Waals surface area (Å²) in [6, 6.07) is 14.6. The smallest absolute Gasteiger partial charge is 0.338 e. The van der Waals surface area contributed by atoms with E-state index in [0.29, 0.717) is 24.5 Å². The Labute approximate surface area is 154 Å². The van der Waals surface area contributed by atoms with E-state index in [0.717, 1.165) is 17.5 Å². The predicted octanol–water partition coefficient (Wildman–Crippen LogP) is 3.65. The van der Waals surface area contributed by atoms with Gasteiger partial charge in [0.1, 0.15) is 5.75 Å². The molecule has 138 valence electrons. The molecule has 1 amide bonds. The standard InChI is InChI=1S/C21H25NO4/c1-4-13-25-19-11-9-18(10-12-19)21(24)26-16(3)20(23)22-14-17-7-5-15(2)6-8-17/h5-12,16H,4,13-14H2,1-3H3,(H,22,23)/t16-/m0/s1. The summed E-state index contributed by atoms with van der Waals surface area (Å²) < 4.78 is 10.7. The van der Waals surface area contributed by atoms with E-state index < -0.39 is 12.1 Å². The summed E-state index contributed by atoms with van der Waals surface area (Å²) >= 11 is 0. The summed E-state index contributed by atoms with van der Waals surface area (Å²) in [4.78, 5) is 24.3. The average molecular weight is 355 g/mol. The monoisotopic (exact) mass is 355 g/mol. The van der Waals surface area contributed by atoms with Crippen LogP contribution in [-0.4, -0.2) is 24.6 Å². The van der Waals surface area contributed by atoms with Crippen LogP contribution in [0.2, 0.25) is 0 Å². The van der Waals surface area contributed by atoms with Gasteiger partial charge in [-0.15, -0.1) is 0 Å². The molecule has 2 rings (SSSR count). The second-order valence-electron chi connectivity index (χ2n) is 6.12. The number of esters is 1. The molecule has 5 heteroatoms. The normalized spacial score (nSPS) is 11.5. The van der Waals surface area contributed by atoms with Crippen LogP contribution in [0.1, 0.15) is 41.8 Å². The zero-order valence-corrected chi connectivity index (χ0v) is 15.5. The molecule has 0 bridgehead atoms. The first-order valence-electron chi connectivity index (χ1n) is 8.76.